The minimum Gasteiger partial charge on any atom is -0.247 e. The van der Waals surface area contributed by atoms with E-state index in [0.29, 0.717) is 6.71 Å². The Hall–Kier alpha value is -5.21. The van der Waals surface area contributed by atoms with Gasteiger partial charge in [0.2, 0.25) is 6.71 Å². The van der Waals surface area contributed by atoms with Crippen molar-refractivity contribution in [1.29, 1.82) is 0 Å². The van der Waals surface area contributed by atoms with Crippen LogP contribution in [0.1, 0.15) is 51.8 Å². The number of rotatable bonds is 3. The van der Waals surface area contributed by atoms with E-state index in [-0.39, 0.29) is 0 Å². The van der Waals surface area contributed by atoms with Crippen LogP contribution >= 0.6 is 0 Å². The van der Waals surface area contributed by atoms with Gasteiger partial charge in [0.15, 0.2) is 0 Å². The summed E-state index contributed by atoms with van der Waals surface area (Å²) in [6.45, 7) is 9.43. The molecule has 2 aliphatic rings. The summed E-state index contributed by atoms with van der Waals surface area (Å²) in [5.74, 6) is 0. The van der Waals surface area contributed by atoms with Gasteiger partial charge in [0.25, 0.3) is 0 Å². The molecule has 230 valence electrons. The van der Waals surface area contributed by atoms with Gasteiger partial charge in [-0.2, -0.15) is 0 Å². The summed E-state index contributed by atoms with van der Waals surface area (Å²) in [6, 6.07) is 40.5. The Morgan fingerprint density at radius 1 is 0.562 bits per heavy atom. The molecular formula is C46H38BN. The van der Waals surface area contributed by atoms with Crippen LogP contribution in [-0.4, -0.2) is 11.7 Å². The number of nitrogens with zero attached hydrogens (tertiary/aromatic N) is 1. The van der Waals surface area contributed by atoms with E-state index in [1.807, 2.05) is 0 Å². The number of benzene rings is 6. The van der Waals surface area contributed by atoms with Crippen LogP contribution < -0.4 is 10.9 Å². The first kappa shape index (κ1) is 29.0. The molecule has 1 aliphatic heterocycles. The third-order valence-corrected chi connectivity index (χ3v) is 10.9. The number of allylic oxidation sites excluding steroid dienone is 4. The molecule has 1 aromatic heterocycles. The van der Waals surface area contributed by atoms with Crippen molar-refractivity contribution in [3.8, 4) is 11.3 Å². The van der Waals surface area contributed by atoms with Crippen LogP contribution in [0.2, 0.25) is 0 Å². The molecule has 2 heterocycles. The second-order valence-corrected chi connectivity index (χ2v) is 14.1. The topological polar surface area (TPSA) is 12.9 Å². The second-order valence-electron chi connectivity index (χ2n) is 14.1. The standard InChI is InChI=1S/C46H38BN/c1-28-23-30(3)44-36(25-28)27-37-26-29(2)24-31(4)45(37)47(44)38-20-17-33(18-21-38)32-13-15-35(16-14-32)46-43-39-10-6-5-9-34(39)19-22-41(43)40-11-7-8-12-42(40)48-46/h5-17,19-20,22-26H,18,21,27H2,1-4H3. The quantitative estimate of drug-likeness (QED) is 0.142. The molecule has 0 N–H and O–H groups in total. The van der Waals surface area contributed by atoms with Gasteiger partial charge in [0.1, 0.15) is 0 Å². The molecule has 0 saturated carbocycles. The van der Waals surface area contributed by atoms with Crippen molar-refractivity contribution >= 4 is 55.7 Å². The van der Waals surface area contributed by atoms with Crippen LogP contribution in [0.15, 0.2) is 127 Å². The molecule has 0 fully saturated rings. The predicted octanol–water partition coefficient (Wildman–Crippen LogP) is 10.3. The Morgan fingerprint density at radius 2 is 1.21 bits per heavy atom. The fourth-order valence-electron chi connectivity index (χ4n) is 8.88. The Kier molecular flexibility index (Phi) is 6.76. The molecule has 0 amide bonds. The van der Waals surface area contributed by atoms with Crippen LogP contribution in [0.4, 0.5) is 0 Å². The Balaban J connectivity index is 1.12. The molecule has 48 heavy (non-hydrogen) atoms. The zero-order valence-electron chi connectivity index (χ0n) is 28.2. The van der Waals surface area contributed by atoms with E-state index in [0.717, 1.165) is 36.0 Å². The number of aryl methyl sites for hydroxylation is 4. The van der Waals surface area contributed by atoms with Gasteiger partial charge in [-0.15, -0.1) is 0 Å². The molecule has 0 unspecified atom stereocenters. The highest BCUT2D eigenvalue weighted by molar-refractivity contribution is 6.92. The monoisotopic (exact) mass is 615 g/mol. The molecule has 2 heteroatoms. The maximum Gasteiger partial charge on any atom is 0.238 e. The van der Waals surface area contributed by atoms with Gasteiger partial charge < -0.3 is 0 Å². The molecule has 0 radical (unpaired) electrons. The first-order valence-electron chi connectivity index (χ1n) is 17.3. The molecule has 6 aromatic carbocycles. The summed E-state index contributed by atoms with van der Waals surface area (Å²) in [7, 11) is 0. The van der Waals surface area contributed by atoms with Crippen molar-refractivity contribution in [1.82, 2.24) is 4.98 Å². The highest BCUT2D eigenvalue weighted by Crippen LogP contribution is 2.38. The van der Waals surface area contributed by atoms with Crippen molar-refractivity contribution in [2.45, 2.75) is 47.0 Å². The Morgan fingerprint density at radius 3 is 1.90 bits per heavy atom. The van der Waals surface area contributed by atoms with Gasteiger partial charge in [-0.3, -0.25) is 0 Å². The minimum atomic E-state index is 0.326. The summed E-state index contributed by atoms with van der Waals surface area (Å²) >= 11 is 0. The van der Waals surface area contributed by atoms with Gasteiger partial charge in [0.05, 0.1) is 11.2 Å². The molecule has 0 atom stereocenters. The Bertz CT molecular complexity index is 2460. The van der Waals surface area contributed by atoms with E-state index in [9.17, 15) is 0 Å². The van der Waals surface area contributed by atoms with Gasteiger partial charge >= 0.3 is 0 Å². The molecule has 1 aliphatic carbocycles. The molecule has 1 nitrogen and oxygen atoms in total. The van der Waals surface area contributed by atoms with Crippen LogP contribution in [0.3, 0.4) is 0 Å². The lowest BCUT2D eigenvalue weighted by molar-refractivity contribution is 1.03. The maximum absolute atomic E-state index is 5.27. The zero-order chi connectivity index (χ0) is 32.5. The molecular weight excluding hydrogens is 577 g/mol. The Labute approximate surface area is 283 Å². The molecule has 0 saturated heterocycles. The van der Waals surface area contributed by atoms with Crippen LogP contribution in [0.25, 0.3) is 49.3 Å². The van der Waals surface area contributed by atoms with Crippen LogP contribution in [0.5, 0.6) is 0 Å². The first-order valence-corrected chi connectivity index (χ1v) is 17.3. The number of hydrogen-bond acceptors (Lipinski definition) is 1. The number of pyridine rings is 1. The third-order valence-electron chi connectivity index (χ3n) is 10.9. The average Bonchev–Trinajstić information content (AvgIpc) is 3.10. The van der Waals surface area contributed by atoms with Crippen molar-refractivity contribution in [3.63, 3.8) is 0 Å². The highest BCUT2D eigenvalue weighted by atomic mass is 14.7. The predicted molar refractivity (Wildman–Crippen MR) is 207 cm³/mol. The van der Waals surface area contributed by atoms with E-state index >= 15 is 0 Å². The molecule has 9 rings (SSSR count). The van der Waals surface area contributed by atoms with E-state index in [4.69, 9.17) is 4.98 Å². The second kappa shape index (κ2) is 11.2. The number of aromatic nitrogens is 1. The fourth-order valence-corrected chi connectivity index (χ4v) is 8.88. The third kappa shape index (κ3) is 4.66. The van der Waals surface area contributed by atoms with E-state index in [1.165, 1.54) is 87.8 Å². The van der Waals surface area contributed by atoms with Crippen LogP contribution in [0, 0.1) is 27.7 Å². The number of fused-ring (bicyclic) bond motifs is 7. The lowest BCUT2D eigenvalue weighted by Gasteiger charge is -2.33. The van der Waals surface area contributed by atoms with Gasteiger partial charge in [-0.1, -0.05) is 154 Å². The summed E-state index contributed by atoms with van der Waals surface area (Å²) in [4.78, 5) is 5.27. The number of para-hydroxylation sites is 1. The smallest absolute Gasteiger partial charge is 0.238 e. The maximum atomic E-state index is 5.27. The van der Waals surface area contributed by atoms with Crippen molar-refractivity contribution in [2.24, 2.45) is 0 Å². The SMILES string of the molecule is Cc1cc(C)c2c(c1)Cc1cc(C)cc(C)c1B2C1=CC=C(c2ccc(-c3nc4ccccc4c4ccc5ccccc5c34)cc2)CC1. The lowest BCUT2D eigenvalue weighted by Crippen LogP contribution is -2.53. The van der Waals surface area contributed by atoms with Gasteiger partial charge in [-0.25, -0.2) is 4.98 Å². The van der Waals surface area contributed by atoms with Gasteiger partial charge in [-0.05, 0) is 91.4 Å². The summed E-state index contributed by atoms with van der Waals surface area (Å²) in [6.07, 6.45) is 7.99. The molecule has 0 spiro atoms. The first-order chi connectivity index (χ1) is 23.4. The summed E-state index contributed by atoms with van der Waals surface area (Å²) in [5, 5.41) is 6.18. The largest absolute Gasteiger partial charge is 0.247 e. The zero-order valence-corrected chi connectivity index (χ0v) is 28.2. The van der Waals surface area contributed by atoms with E-state index in [1.54, 1.807) is 0 Å². The average molecular weight is 616 g/mol. The number of hydrogen-bond donors (Lipinski definition) is 0. The molecule has 0 bridgehead atoms. The fraction of sp³-hybridized carbons (Fsp3) is 0.152. The van der Waals surface area contributed by atoms with Crippen LogP contribution in [-0.2, 0) is 6.42 Å². The normalized spacial score (nSPS) is 14.2. The van der Waals surface area contributed by atoms with Crippen molar-refractivity contribution in [2.75, 3.05) is 0 Å². The highest BCUT2D eigenvalue weighted by Gasteiger charge is 2.35. The van der Waals surface area contributed by atoms with E-state index < -0.39 is 0 Å². The summed E-state index contributed by atoms with van der Waals surface area (Å²) in [5.41, 5.74) is 19.1. The van der Waals surface area contributed by atoms with Crippen molar-refractivity contribution in [3.05, 3.63) is 166 Å². The van der Waals surface area contributed by atoms with Gasteiger partial charge in [0, 0.05) is 16.3 Å². The minimum absolute atomic E-state index is 0.326. The van der Waals surface area contributed by atoms with Crippen molar-refractivity contribution < 1.29 is 0 Å². The lowest BCUT2D eigenvalue weighted by atomic mass is 9.31. The van der Waals surface area contributed by atoms with E-state index in [2.05, 4.69) is 149 Å². The summed E-state index contributed by atoms with van der Waals surface area (Å²) < 4.78 is 0. The molecule has 7 aromatic rings.